The van der Waals surface area contributed by atoms with E-state index in [0.717, 1.165) is 25.9 Å². The van der Waals surface area contributed by atoms with Crippen LogP contribution in [0, 0.1) is 5.82 Å². The number of fused-ring (bicyclic) bond motifs is 1. The standard InChI is InChI=1S/C16H15FN4O/c17-12-2-1-3-13-11(12)4-5-14(19-13)15-20-16(22-21-15)10-6-8-18-9-7-10/h1-5,10,18H,6-9H2. The molecule has 2 aromatic heterocycles. The number of hydrogen-bond donors (Lipinski definition) is 1. The molecule has 1 fully saturated rings. The lowest BCUT2D eigenvalue weighted by molar-refractivity contribution is 0.320. The number of nitrogens with one attached hydrogen (secondary N) is 1. The van der Waals surface area contributed by atoms with Crippen LogP contribution < -0.4 is 5.32 Å². The van der Waals surface area contributed by atoms with E-state index in [0.29, 0.717) is 34.2 Å². The maximum absolute atomic E-state index is 13.7. The Labute approximate surface area is 126 Å². The van der Waals surface area contributed by atoms with Crippen molar-refractivity contribution in [1.29, 1.82) is 0 Å². The number of rotatable bonds is 2. The Hall–Kier alpha value is -2.34. The third-order valence-corrected chi connectivity index (χ3v) is 4.04. The van der Waals surface area contributed by atoms with E-state index in [4.69, 9.17) is 4.52 Å². The molecule has 0 bridgehead atoms. The zero-order valence-corrected chi connectivity index (χ0v) is 11.9. The van der Waals surface area contributed by atoms with Crippen LogP contribution in [0.3, 0.4) is 0 Å². The Kier molecular flexibility index (Phi) is 3.31. The summed E-state index contributed by atoms with van der Waals surface area (Å²) in [4.78, 5) is 8.90. The predicted molar refractivity (Wildman–Crippen MR) is 79.8 cm³/mol. The maximum atomic E-state index is 13.7. The van der Waals surface area contributed by atoms with E-state index in [2.05, 4.69) is 20.4 Å². The first-order valence-electron chi connectivity index (χ1n) is 7.41. The smallest absolute Gasteiger partial charge is 0.230 e. The lowest BCUT2D eigenvalue weighted by Gasteiger charge is -2.18. The number of benzene rings is 1. The van der Waals surface area contributed by atoms with Gasteiger partial charge >= 0.3 is 0 Å². The van der Waals surface area contributed by atoms with Gasteiger partial charge < -0.3 is 9.84 Å². The average Bonchev–Trinajstić information content (AvgIpc) is 3.06. The van der Waals surface area contributed by atoms with Crippen LogP contribution in [-0.2, 0) is 0 Å². The molecule has 6 heteroatoms. The van der Waals surface area contributed by atoms with Crippen molar-refractivity contribution in [1.82, 2.24) is 20.4 Å². The Bertz CT molecular complexity index is 811. The first kappa shape index (κ1) is 13.3. The Morgan fingerprint density at radius 3 is 2.82 bits per heavy atom. The van der Waals surface area contributed by atoms with Gasteiger partial charge in [-0.3, -0.25) is 0 Å². The SMILES string of the molecule is Fc1cccc2nc(-c3noc(C4CCNCC4)n3)ccc12. The van der Waals surface area contributed by atoms with Gasteiger partial charge in [-0.15, -0.1) is 0 Å². The summed E-state index contributed by atoms with van der Waals surface area (Å²) in [5.41, 5.74) is 1.19. The summed E-state index contributed by atoms with van der Waals surface area (Å²) < 4.78 is 19.1. The molecule has 4 rings (SSSR count). The van der Waals surface area contributed by atoms with Crippen LogP contribution in [0.25, 0.3) is 22.4 Å². The van der Waals surface area contributed by atoms with E-state index in [-0.39, 0.29) is 5.82 Å². The quantitative estimate of drug-likeness (QED) is 0.788. The number of piperidine rings is 1. The number of pyridine rings is 1. The topological polar surface area (TPSA) is 63.8 Å². The second-order valence-corrected chi connectivity index (χ2v) is 5.48. The minimum Gasteiger partial charge on any atom is -0.339 e. The van der Waals surface area contributed by atoms with Gasteiger partial charge in [0, 0.05) is 11.3 Å². The largest absolute Gasteiger partial charge is 0.339 e. The molecule has 3 aromatic rings. The van der Waals surface area contributed by atoms with E-state index >= 15 is 0 Å². The maximum Gasteiger partial charge on any atom is 0.230 e. The predicted octanol–water partition coefficient (Wildman–Crippen LogP) is 2.89. The van der Waals surface area contributed by atoms with E-state index < -0.39 is 0 Å². The highest BCUT2D eigenvalue weighted by atomic mass is 19.1. The van der Waals surface area contributed by atoms with Gasteiger partial charge in [0.2, 0.25) is 11.7 Å². The molecule has 5 nitrogen and oxygen atoms in total. The van der Waals surface area contributed by atoms with Gasteiger partial charge in [0.25, 0.3) is 0 Å². The lowest BCUT2D eigenvalue weighted by atomic mass is 9.98. The van der Waals surface area contributed by atoms with Crippen LogP contribution in [0.2, 0.25) is 0 Å². The van der Waals surface area contributed by atoms with E-state index in [9.17, 15) is 4.39 Å². The molecule has 1 saturated heterocycles. The molecule has 1 aromatic carbocycles. The van der Waals surface area contributed by atoms with Crippen LogP contribution in [0.5, 0.6) is 0 Å². The summed E-state index contributed by atoms with van der Waals surface area (Å²) in [7, 11) is 0. The molecule has 0 saturated carbocycles. The fourth-order valence-corrected chi connectivity index (χ4v) is 2.82. The van der Waals surface area contributed by atoms with Crippen molar-refractivity contribution >= 4 is 10.9 Å². The molecule has 3 heterocycles. The summed E-state index contributed by atoms with van der Waals surface area (Å²) in [6.07, 6.45) is 2.00. The van der Waals surface area contributed by atoms with Gasteiger partial charge in [0.05, 0.1) is 5.52 Å². The van der Waals surface area contributed by atoms with Crippen LogP contribution in [0.4, 0.5) is 4.39 Å². The molecule has 1 aliphatic heterocycles. The minimum atomic E-state index is -0.278. The molecule has 0 spiro atoms. The molecule has 1 aliphatic rings. The lowest BCUT2D eigenvalue weighted by Crippen LogP contribution is -2.26. The summed E-state index contributed by atoms with van der Waals surface area (Å²) >= 11 is 0. The van der Waals surface area contributed by atoms with E-state index in [1.165, 1.54) is 6.07 Å². The van der Waals surface area contributed by atoms with Crippen LogP contribution in [0.1, 0.15) is 24.7 Å². The second-order valence-electron chi connectivity index (χ2n) is 5.48. The van der Waals surface area contributed by atoms with Gasteiger partial charge in [-0.05, 0) is 50.2 Å². The number of hydrogen-bond acceptors (Lipinski definition) is 5. The first-order chi connectivity index (χ1) is 10.8. The van der Waals surface area contributed by atoms with Crippen LogP contribution >= 0.6 is 0 Å². The Morgan fingerprint density at radius 1 is 1.09 bits per heavy atom. The van der Waals surface area contributed by atoms with Crippen LogP contribution in [0.15, 0.2) is 34.9 Å². The zero-order valence-electron chi connectivity index (χ0n) is 11.9. The Balaban J connectivity index is 1.68. The molecule has 22 heavy (non-hydrogen) atoms. The van der Waals surface area contributed by atoms with Crippen molar-refractivity contribution in [3.8, 4) is 11.5 Å². The average molecular weight is 298 g/mol. The van der Waals surface area contributed by atoms with Crippen LogP contribution in [-0.4, -0.2) is 28.2 Å². The van der Waals surface area contributed by atoms with Gasteiger partial charge in [-0.25, -0.2) is 9.37 Å². The molecule has 0 atom stereocenters. The van der Waals surface area contributed by atoms with Crippen molar-refractivity contribution in [2.24, 2.45) is 0 Å². The van der Waals surface area contributed by atoms with E-state index in [1.807, 2.05) is 0 Å². The number of aromatic nitrogens is 3. The summed E-state index contributed by atoms with van der Waals surface area (Å²) in [6.45, 7) is 1.94. The molecule has 0 unspecified atom stereocenters. The molecule has 112 valence electrons. The fourth-order valence-electron chi connectivity index (χ4n) is 2.82. The first-order valence-corrected chi connectivity index (χ1v) is 7.41. The van der Waals surface area contributed by atoms with Crippen molar-refractivity contribution < 1.29 is 8.91 Å². The highest BCUT2D eigenvalue weighted by molar-refractivity contribution is 5.81. The summed E-state index contributed by atoms with van der Waals surface area (Å²) in [6, 6.07) is 8.27. The minimum absolute atomic E-state index is 0.278. The third kappa shape index (κ3) is 2.35. The normalized spacial score (nSPS) is 16.2. The molecule has 0 radical (unpaired) electrons. The zero-order chi connectivity index (χ0) is 14.9. The molecular weight excluding hydrogens is 283 g/mol. The summed E-state index contributed by atoms with van der Waals surface area (Å²) in [5, 5.41) is 7.83. The van der Waals surface area contributed by atoms with Gasteiger partial charge in [0.15, 0.2) is 0 Å². The van der Waals surface area contributed by atoms with Crippen molar-refractivity contribution in [3.05, 3.63) is 42.0 Å². The highest BCUT2D eigenvalue weighted by Gasteiger charge is 2.22. The summed E-state index contributed by atoms with van der Waals surface area (Å²) in [5.74, 6) is 1.15. The van der Waals surface area contributed by atoms with Gasteiger partial charge in [0.1, 0.15) is 11.5 Å². The molecular formula is C16H15FN4O. The van der Waals surface area contributed by atoms with Gasteiger partial charge in [-0.1, -0.05) is 11.2 Å². The molecule has 0 amide bonds. The van der Waals surface area contributed by atoms with Crippen molar-refractivity contribution in [3.63, 3.8) is 0 Å². The van der Waals surface area contributed by atoms with Crippen molar-refractivity contribution in [2.45, 2.75) is 18.8 Å². The fraction of sp³-hybridized carbons (Fsp3) is 0.312. The molecule has 1 N–H and O–H groups in total. The number of nitrogens with zero attached hydrogens (tertiary/aromatic N) is 3. The monoisotopic (exact) mass is 298 g/mol. The highest BCUT2D eigenvalue weighted by Crippen LogP contribution is 2.26. The van der Waals surface area contributed by atoms with Crippen molar-refractivity contribution in [2.75, 3.05) is 13.1 Å². The number of halogens is 1. The Morgan fingerprint density at radius 2 is 1.95 bits per heavy atom. The van der Waals surface area contributed by atoms with Gasteiger partial charge in [-0.2, -0.15) is 4.98 Å². The third-order valence-electron chi connectivity index (χ3n) is 4.04. The van der Waals surface area contributed by atoms with E-state index in [1.54, 1.807) is 24.3 Å². The molecule has 0 aliphatic carbocycles. The second kappa shape index (κ2) is 5.46.